The van der Waals surface area contributed by atoms with Gasteiger partial charge in [-0.05, 0) is 42.9 Å². The quantitative estimate of drug-likeness (QED) is 0.772. The predicted molar refractivity (Wildman–Crippen MR) is 104 cm³/mol. The maximum Gasteiger partial charge on any atom is 0.279 e. The van der Waals surface area contributed by atoms with E-state index in [0.717, 1.165) is 19.3 Å². The van der Waals surface area contributed by atoms with Crippen LogP contribution >= 0.6 is 11.3 Å². The highest BCUT2D eigenvalue weighted by atomic mass is 32.1. The minimum Gasteiger partial charge on any atom is -0.497 e. The largest absolute Gasteiger partial charge is 0.497 e. The molecule has 0 fully saturated rings. The van der Waals surface area contributed by atoms with Crippen molar-refractivity contribution in [3.63, 3.8) is 0 Å². The van der Waals surface area contributed by atoms with E-state index in [9.17, 15) is 9.59 Å². The second kappa shape index (κ2) is 8.43. The number of nitrogens with one attached hydrogen (secondary N) is 2. The van der Waals surface area contributed by atoms with Crippen molar-refractivity contribution in [2.45, 2.75) is 32.6 Å². The van der Waals surface area contributed by atoms with Crippen LogP contribution in [0.15, 0.2) is 24.3 Å². The van der Waals surface area contributed by atoms with Crippen LogP contribution in [0.25, 0.3) is 0 Å². The van der Waals surface area contributed by atoms with Gasteiger partial charge in [0.05, 0.1) is 25.5 Å². The predicted octanol–water partition coefficient (Wildman–Crippen LogP) is 2.89. The number of hydrogen-bond acceptors (Lipinski definition) is 5. The van der Waals surface area contributed by atoms with Gasteiger partial charge in [0, 0.05) is 16.5 Å². The van der Waals surface area contributed by atoms with Crippen LogP contribution in [0.1, 0.15) is 39.0 Å². The molecule has 0 saturated heterocycles. The number of hydrazine groups is 1. The number of hydrogen-bond donors (Lipinski definition) is 2. The number of ether oxygens (including phenoxy) is 2. The molecule has 0 saturated carbocycles. The zero-order chi connectivity index (χ0) is 19.4. The van der Waals surface area contributed by atoms with Crippen molar-refractivity contribution in [3.8, 4) is 11.5 Å². The molecule has 2 aromatic rings. The summed E-state index contributed by atoms with van der Waals surface area (Å²) in [5.41, 5.74) is 6.96. The van der Waals surface area contributed by atoms with Gasteiger partial charge in [-0.1, -0.05) is 13.0 Å². The van der Waals surface area contributed by atoms with Crippen LogP contribution in [0.3, 0.4) is 0 Å². The summed E-state index contributed by atoms with van der Waals surface area (Å²) < 4.78 is 10.4. The van der Waals surface area contributed by atoms with Crippen molar-refractivity contribution in [2.75, 3.05) is 14.2 Å². The minimum absolute atomic E-state index is 0.0892. The van der Waals surface area contributed by atoms with Gasteiger partial charge in [0.25, 0.3) is 5.91 Å². The lowest BCUT2D eigenvalue weighted by Gasteiger charge is -2.16. The molecule has 1 aromatic heterocycles. The summed E-state index contributed by atoms with van der Waals surface area (Å²) in [6, 6.07) is 7.20. The Morgan fingerprint density at radius 3 is 2.74 bits per heavy atom. The molecular formula is C20H24N2O4S. The van der Waals surface area contributed by atoms with Gasteiger partial charge < -0.3 is 9.47 Å². The monoisotopic (exact) mass is 388 g/mol. The van der Waals surface area contributed by atoms with Crippen LogP contribution in [-0.4, -0.2) is 26.0 Å². The molecule has 7 heteroatoms. The Bertz CT molecular complexity index is 847. The molecule has 27 heavy (non-hydrogen) atoms. The summed E-state index contributed by atoms with van der Waals surface area (Å²) in [4.78, 5) is 26.5. The summed E-state index contributed by atoms with van der Waals surface area (Å²) in [5.74, 6) is 1.28. The zero-order valence-electron chi connectivity index (χ0n) is 15.8. The summed E-state index contributed by atoms with van der Waals surface area (Å²) >= 11 is 1.51. The van der Waals surface area contributed by atoms with Gasteiger partial charge in [0.15, 0.2) is 0 Å². The average Bonchev–Trinajstić information content (AvgIpc) is 3.09. The molecule has 3 rings (SSSR count). The molecule has 1 aromatic carbocycles. The van der Waals surface area contributed by atoms with E-state index in [1.807, 2.05) is 6.07 Å². The van der Waals surface area contributed by atoms with E-state index in [1.165, 1.54) is 28.9 Å². The van der Waals surface area contributed by atoms with E-state index in [2.05, 4.69) is 17.8 Å². The van der Waals surface area contributed by atoms with E-state index < -0.39 is 0 Å². The van der Waals surface area contributed by atoms with E-state index in [4.69, 9.17) is 9.47 Å². The molecule has 144 valence electrons. The highest BCUT2D eigenvalue weighted by Gasteiger charge is 2.21. The number of thiophene rings is 1. The second-order valence-corrected chi connectivity index (χ2v) is 7.90. The van der Waals surface area contributed by atoms with Crippen LogP contribution in [0.5, 0.6) is 11.5 Å². The average molecular weight is 388 g/mol. The van der Waals surface area contributed by atoms with Crippen molar-refractivity contribution < 1.29 is 19.1 Å². The van der Waals surface area contributed by atoms with Gasteiger partial charge >= 0.3 is 0 Å². The van der Waals surface area contributed by atoms with Gasteiger partial charge in [-0.3, -0.25) is 20.4 Å². The molecule has 2 amide bonds. The third-order valence-electron chi connectivity index (χ3n) is 4.71. The highest BCUT2D eigenvalue weighted by molar-refractivity contribution is 7.14. The van der Waals surface area contributed by atoms with Crippen LogP contribution in [-0.2, 0) is 24.1 Å². The molecule has 1 aliphatic carbocycles. The van der Waals surface area contributed by atoms with E-state index in [1.54, 1.807) is 25.3 Å². The molecule has 0 spiro atoms. The summed E-state index contributed by atoms with van der Waals surface area (Å²) in [6.07, 6.45) is 3.29. The standard InChI is InChI=1S/C20H24N2O4S/c1-12-4-7-17-14(8-12)9-18(27-17)20(24)22-21-19(23)10-13-5-6-15(25-2)11-16(13)26-3/h5-6,9,11-12H,4,7-8,10H2,1-3H3,(H,21,23)(H,22,24)/t12-/m0/s1. The summed E-state index contributed by atoms with van der Waals surface area (Å²) in [6.45, 7) is 2.23. The molecule has 0 unspecified atom stereocenters. The fourth-order valence-corrected chi connectivity index (χ4v) is 4.32. The van der Waals surface area contributed by atoms with Gasteiger partial charge in [-0.15, -0.1) is 11.3 Å². The Balaban J connectivity index is 1.57. The van der Waals surface area contributed by atoms with E-state index in [0.29, 0.717) is 27.9 Å². The Morgan fingerprint density at radius 2 is 2.00 bits per heavy atom. The number of carbonyl (C=O) groups is 2. The first-order valence-electron chi connectivity index (χ1n) is 8.91. The lowest BCUT2D eigenvalue weighted by Crippen LogP contribution is -2.42. The molecule has 2 N–H and O–H groups in total. The number of methoxy groups -OCH3 is 2. The van der Waals surface area contributed by atoms with Crippen molar-refractivity contribution in [2.24, 2.45) is 5.92 Å². The lowest BCUT2D eigenvalue weighted by molar-refractivity contribution is -0.121. The Kier molecular flexibility index (Phi) is 6.01. The highest BCUT2D eigenvalue weighted by Crippen LogP contribution is 2.32. The molecule has 1 aliphatic rings. The minimum atomic E-state index is -0.318. The molecule has 1 atom stereocenters. The Labute approximate surface area is 162 Å². The molecule has 1 heterocycles. The van der Waals surface area contributed by atoms with Gasteiger partial charge in [-0.25, -0.2) is 0 Å². The molecule has 0 bridgehead atoms. The van der Waals surface area contributed by atoms with Gasteiger partial charge in [-0.2, -0.15) is 0 Å². The van der Waals surface area contributed by atoms with Crippen LogP contribution in [0.2, 0.25) is 0 Å². The smallest absolute Gasteiger partial charge is 0.279 e. The van der Waals surface area contributed by atoms with Crippen molar-refractivity contribution in [1.82, 2.24) is 10.9 Å². The van der Waals surface area contributed by atoms with Crippen LogP contribution < -0.4 is 20.3 Å². The third-order valence-corrected chi connectivity index (χ3v) is 5.95. The number of aryl methyl sites for hydroxylation is 1. The molecule has 0 aliphatic heterocycles. The number of fused-ring (bicyclic) bond motifs is 1. The first kappa shape index (κ1) is 19.2. The first-order valence-corrected chi connectivity index (χ1v) is 9.73. The van der Waals surface area contributed by atoms with Gasteiger partial charge in [0.1, 0.15) is 11.5 Å². The van der Waals surface area contributed by atoms with Crippen LogP contribution in [0.4, 0.5) is 0 Å². The van der Waals surface area contributed by atoms with Gasteiger partial charge in [0.2, 0.25) is 5.91 Å². The number of amides is 2. The zero-order valence-corrected chi connectivity index (χ0v) is 16.6. The Morgan fingerprint density at radius 1 is 1.19 bits per heavy atom. The normalized spacial score (nSPS) is 15.6. The topological polar surface area (TPSA) is 76.7 Å². The van der Waals surface area contributed by atoms with Crippen molar-refractivity contribution in [1.29, 1.82) is 0 Å². The van der Waals surface area contributed by atoms with E-state index >= 15 is 0 Å². The van der Waals surface area contributed by atoms with Crippen molar-refractivity contribution >= 4 is 23.2 Å². The molecule has 6 nitrogen and oxygen atoms in total. The second-order valence-electron chi connectivity index (χ2n) is 6.76. The van der Waals surface area contributed by atoms with E-state index in [-0.39, 0.29) is 18.2 Å². The maximum absolute atomic E-state index is 12.4. The third kappa shape index (κ3) is 4.60. The maximum atomic E-state index is 12.4. The Hall–Kier alpha value is -2.54. The number of carbonyl (C=O) groups excluding carboxylic acids is 2. The molecule has 0 radical (unpaired) electrons. The SMILES string of the molecule is COc1ccc(CC(=O)NNC(=O)c2cc3c(s2)CC[C@H](C)C3)c(OC)c1. The summed E-state index contributed by atoms with van der Waals surface area (Å²) in [7, 11) is 3.11. The fraction of sp³-hybridized carbons (Fsp3) is 0.400. The van der Waals surface area contributed by atoms with Crippen LogP contribution in [0, 0.1) is 5.92 Å². The fourth-order valence-electron chi connectivity index (χ4n) is 3.22. The van der Waals surface area contributed by atoms with Crippen molar-refractivity contribution in [3.05, 3.63) is 45.1 Å². The number of rotatable bonds is 5. The first-order chi connectivity index (χ1) is 13.0. The molecular weight excluding hydrogens is 364 g/mol. The lowest BCUT2D eigenvalue weighted by atomic mass is 9.90. The summed E-state index contributed by atoms with van der Waals surface area (Å²) in [5, 5.41) is 0. The number of benzene rings is 1.